The topological polar surface area (TPSA) is 9.23 Å². The van der Waals surface area contributed by atoms with Crippen molar-refractivity contribution in [2.75, 3.05) is 6.61 Å². The van der Waals surface area contributed by atoms with E-state index in [2.05, 4.69) is 37.8 Å². The first-order valence-corrected chi connectivity index (χ1v) is 5.30. The van der Waals surface area contributed by atoms with E-state index in [1.807, 2.05) is 18.2 Å². The van der Waals surface area contributed by atoms with E-state index < -0.39 is 0 Å². The van der Waals surface area contributed by atoms with Crippen LogP contribution < -0.4 is 0 Å². The Morgan fingerprint density at radius 1 is 1.33 bits per heavy atom. The molecular formula is C14H16O. The lowest BCUT2D eigenvalue weighted by molar-refractivity contribution is 0.133. The summed E-state index contributed by atoms with van der Waals surface area (Å²) in [4.78, 5) is 0. The number of hydrogen-bond donors (Lipinski definition) is 0. The Balaban J connectivity index is 2.04. The molecule has 1 aliphatic rings. The quantitative estimate of drug-likeness (QED) is 0.666. The van der Waals surface area contributed by atoms with Crippen molar-refractivity contribution in [1.82, 2.24) is 0 Å². The Hall–Kier alpha value is -1.34. The number of hydrogen-bond acceptors (Lipinski definition) is 1. The van der Waals surface area contributed by atoms with Crippen molar-refractivity contribution < 1.29 is 4.74 Å². The van der Waals surface area contributed by atoms with Gasteiger partial charge in [0, 0.05) is 5.92 Å². The highest BCUT2D eigenvalue weighted by Crippen LogP contribution is 2.25. The number of ether oxygens (including phenoxy) is 1. The molecule has 2 rings (SSSR count). The van der Waals surface area contributed by atoms with Crippen LogP contribution >= 0.6 is 0 Å². The Morgan fingerprint density at radius 2 is 2.07 bits per heavy atom. The van der Waals surface area contributed by atoms with Crippen LogP contribution in [0.3, 0.4) is 0 Å². The zero-order chi connectivity index (χ0) is 10.7. The smallest absolute Gasteiger partial charge is 0.0826 e. The summed E-state index contributed by atoms with van der Waals surface area (Å²) in [6.07, 6.45) is 4.43. The monoisotopic (exact) mass is 200 g/mol. The van der Waals surface area contributed by atoms with Crippen LogP contribution in [0.2, 0.25) is 0 Å². The number of rotatable bonds is 2. The zero-order valence-corrected chi connectivity index (χ0v) is 9.02. The van der Waals surface area contributed by atoms with E-state index in [1.165, 1.54) is 11.1 Å². The van der Waals surface area contributed by atoms with E-state index in [-0.39, 0.29) is 6.10 Å². The summed E-state index contributed by atoms with van der Waals surface area (Å²) >= 11 is 0. The Bertz CT molecular complexity index is 364. The molecule has 0 aromatic heterocycles. The second kappa shape index (κ2) is 4.45. The van der Waals surface area contributed by atoms with E-state index in [0.717, 1.165) is 0 Å². The maximum absolute atomic E-state index is 5.61. The fourth-order valence-corrected chi connectivity index (χ4v) is 1.70. The second-order valence-electron chi connectivity index (χ2n) is 3.99. The molecule has 1 heteroatoms. The van der Waals surface area contributed by atoms with Gasteiger partial charge >= 0.3 is 0 Å². The molecule has 15 heavy (non-hydrogen) atoms. The summed E-state index contributed by atoms with van der Waals surface area (Å²) in [6.45, 7) is 6.84. The molecule has 1 aromatic carbocycles. The Kier molecular flexibility index (Phi) is 3.02. The normalized spacial score (nSPS) is 26.3. The van der Waals surface area contributed by atoms with E-state index in [0.29, 0.717) is 12.5 Å². The van der Waals surface area contributed by atoms with Gasteiger partial charge in [0.1, 0.15) is 0 Å². The summed E-state index contributed by atoms with van der Waals surface area (Å²) in [5.74, 6) is 0.435. The first-order valence-electron chi connectivity index (χ1n) is 5.30. The summed E-state index contributed by atoms with van der Waals surface area (Å²) in [7, 11) is 0. The van der Waals surface area contributed by atoms with Crippen LogP contribution in [0.5, 0.6) is 0 Å². The molecule has 1 aromatic rings. The highest BCUT2D eigenvalue weighted by atomic mass is 16.5. The molecule has 0 amide bonds. The van der Waals surface area contributed by atoms with Gasteiger partial charge in [-0.3, -0.25) is 0 Å². The fourth-order valence-electron chi connectivity index (χ4n) is 1.70. The van der Waals surface area contributed by atoms with Crippen LogP contribution in [0.1, 0.15) is 12.5 Å². The summed E-state index contributed by atoms with van der Waals surface area (Å²) in [5, 5.41) is 0. The standard InChI is InChI=1S/C14H16O/c1-11-10-15-14(12(11)2)9-8-13-6-4-3-5-7-13/h3-9,12,14H,1,10H2,2H3/b9-8+. The van der Waals surface area contributed by atoms with Gasteiger partial charge in [0.05, 0.1) is 12.7 Å². The summed E-state index contributed by atoms with van der Waals surface area (Å²) in [6, 6.07) is 10.3. The minimum absolute atomic E-state index is 0.192. The largest absolute Gasteiger partial charge is 0.369 e. The minimum Gasteiger partial charge on any atom is -0.369 e. The molecule has 1 fully saturated rings. The van der Waals surface area contributed by atoms with Gasteiger partial charge in [-0.1, -0.05) is 56.0 Å². The van der Waals surface area contributed by atoms with Gasteiger partial charge in [-0.15, -0.1) is 0 Å². The molecule has 0 aliphatic carbocycles. The van der Waals surface area contributed by atoms with Crippen LogP contribution in [0, 0.1) is 5.92 Å². The van der Waals surface area contributed by atoms with E-state index >= 15 is 0 Å². The Morgan fingerprint density at radius 3 is 2.67 bits per heavy atom. The van der Waals surface area contributed by atoms with E-state index in [9.17, 15) is 0 Å². The molecule has 2 unspecified atom stereocenters. The molecule has 1 aliphatic heterocycles. The summed E-state index contributed by atoms with van der Waals surface area (Å²) < 4.78 is 5.61. The average Bonchev–Trinajstić information content (AvgIpc) is 2.59. The van der Waals surface area contributed by atoms with Crippen molar-refractivity contribution in [3.63, 3.8) is 0 Å². The van der Waals surface area contributed by atoms with Gasteiger partial charge in [-0.2, -0.15) is 0 Å². The van der Waals surface area contributed by atoms with Crippen LogP contribution in [0.15, 0.2) is 48.6 Å². The predicted octanol–water partition coefficient (Wildman–Crippen LogP) is 3.29. The van der Waals surface area contributed by atoms with Gasteiger partial charge in [-0.25, -0.2) is 0 Å². The Labute approximate surface area is 91.1 Å². The van der Waals surface area contributed by atoms with Crippen molar-refractivity contribution in [2.24, 2.45) is 5.92 Å². The SMILES string of the molecule is C=C1COC(/C=C/c2ccccc2)C1C. The van der Waals surface area contributed by atoms with Crippen molar-refractivity contribution in [2.45, 2.75) is 13.0 Å². The van der Waals surface area contributed by atoms with Gasteiger partial charge < -0.3 is 4.74 Å². The third-order valence-corrected chi connectivity index (χ3v) is 2.88. The van der Waals surface area contributed by atoms with Crippen LogP contribution in [-0.2, 0) is 4.74 Å². The van der Waals surface area contributed by atoms with Gasteiger partial charge in [-0.05, 0) is 11.1 Å². The molecule has 78 valence electrons. The van der Waals surface area contributed by atoms with Gasteiger partial charge in [0.25, 0.3) is 0 Å². The van der Waals surface area contributed by atoms with Crippen molar-refractivity contribution >= 4 is 6.08 Å². The predicted molar refractivity (Wildman–Crippen MR) is 63.5 cm³/mol. The molecular weight excluding hydrogens is 184 g/mol. The molecule has 0 N–H and O–H groups in total. The highest BCUT2D eigenvalue weighted by Gasteiger charge is 2.24. The molecule has 1 saturated heterocycles. The van der Waals surface area contributed by atoms with Crippen molar-refractivity contribution in [3.05, 3.63) is 54.1 Å². The van der Waals surface area contributed by atoms with Crippen LogP contribution in [-0.4, -0.2) is 12.7 Å². The number of benzene rings is 1. The van der Waals surface area contributed by atoms with Crippen molar-refractivity contribution in [1.29, 1.82) is 0 Å². The minimum atomic E-state index is 0.192. The maximum atomic E-state index is 5.61. The third kappa shape index (κ3) is 2.37. The zero-order valence-electron chi connectivity index (χ0n) is 9.02. The highest BCUT2D eigenvalue weighted by molar-refractivity contribution is 5.49. The molecule has 1 heterocycles. The fraction of sp³-hybridized carbons (Fsp3) is 0.286. The average molecular weight is 200 g/mol. The lowest BCUT2D eigenvalue weighted by Crippen LogP contribution is -2.09. The lowest BCUT2D eigenvalue weighted by Gasteiger charge is -2.08. The first-order chi connectivity index (χ1) is 7.27. The van der Waals surface area contributed by atoms with Crippen LogP contribution in [0.25, 0.3) is 6.08 Å². The lowest BCUT2D eigenvalue weighted by atomic mass is 9.99. The summed E-state index contributed by atoms with van der Waals surface area (Å²) in [5.41, 5.74) is 2.41. The van der Waals surface area contributed by atoms with Crippen molar-refractivity contribution in [3.8, 4) is 0 Å². The van der Waals surface area contributed by atoms with Crippen LogP contribution in [0.4, 0.5) is 0 Å². The molecule has 2 atom stereocenters. The van der Waals surface area contributed by atoms with E-state index in [4.69, 9.17) is 4.74 Å². The molecule has 0 saturated carbocycles. The molecule has 0 radical (unpaired) electrons. The third-order valence-electron chi connectivity index (χ3n) is 2.88. The van der Waals surface area contributed by atoms with Gasteiger partial charge in [0.15, 0.2) is 0 Å². The molecule has 0 spiro atoms. The maximum Gasteiger partial charge on any atom is 0.0826 e. The molecule has 0 bridgehead atoms. The van der Waals surface area contributed by atoms with Gasteiger partial charge in [0.2, 0.25) is 0 Å². The van der Waals surface area contributed by atoms with E-state index in [1.54, 1.807) is 0 Å². The molecule has 1 nitrogen and oxygen atoms in total. The second-order valence-corrected chi connectivity index (χ2v) is 3.99. The first kappa shape index (κ1) is 10.2.